The van der Waals surface area contributed by atoms with Gasteiger partial charge in [-0.2, -0.15) is 0 Å². The number of carbonyl (C=O) groups excluding carboxylic acids is 1. The zero-order chi connectivity index (χ0) is 17.5. The smallest absolute Gasteiger partial charge is 0.315 e. The van der Waals surface area contributed by atoms with Crippen molar-refractivity contribution in [2.75, 3.05) is 6.54 Å². The molecule has 0 saturated carbocycles. The maximum Gasteiger partial charge on any atom is 0.315 e. The second-order valence-corrected chi connectivity index (χ2v) is 6.79. The number of urea groups is 1. The number of hydrogen-bond donors (Lipinski definition) is 2. The summed E-state index contributed by atoms with van der Waals surface area (Å²) in [5, 5.41) is 6.62. The predicted octanol–water partition coefficient (Wildman–Crippen LogP) is 4.14. The lowest BCUT2D eigenvalue weighted by Crippen LogP contribution is -2.35. The lowest BCUT2D eigenvalue weighted by Gasteiger charge is -2.07. The molecule has 0 aliphatic carbocycles. The molecule has 1 aromatic carbocycles. The summed E-state index contributed by atoms with van der Waals surface area (Å²) in [7, 11) is 0. The van der Waals surface area contributed by atoms with Crippen molar-refractivity contribution in [2.45, 2.75) is 26.3 Å². The number of thiazole rings is 1. The Morgan fingerprint density at radius 3 is 2.76 bits per heavy atom. The Kier molecular flexibility index (Phi) is 5.85. The van der Waals surface area contributed by atoms with E-state index in [2.05, 4.69) is 27.8 Å². The van der Waals surface area contributed by atoms with Gasteiger partial charge in [0, 0.05) is 11.4 Å². The van der Waals surface area contributed by atoms with E-state index in [1.165, 1.54) is 16.9 Å². The Hall–Kier alpha value is -2.60. The molecule has 6 heteroatoms. The van der Waals surface area contributed by atoms with Gasteiger partial charge in [0.05, 0.1) is 18.5 Å². The van der Waals surface area contributed by atoms with Crippen LogP contribution in [0.4, 0.5) is 4.79 Å². The van der Waals surface area contributed by atoms with Gasteiger partial charge in [-0.15, -0.1) is 11.3 Å². The molecule has 3 rings (SSSR count). The van der Waals surface area contributed by atoms with Crippen molar-refractivity contribution in [3.05, 3.63) is 64.9 Å². The van der Waals surface area contributed by atoms with Crippen LogP contribution in [-0.4, -0.2) is 17.6 Å². The quantitative estimate of drug-likeness (QED) is 0.626. The van der Waals surface area contributed by atoms with Gasteiger partial charge in [0.2, 0.25) is 0 Å². The van der Waals surface area contributed by atoms with E-state index in [0.29, 0.717) is 13.1 Å². The van der Waals surface area contributed by atoms with Gasteiger partial charge in [-0.05, 0) is 37.5 Å². The third-order valence-corrected chi connectivity index (χ3v) is 4.98. The van der Waals surface area contributed by atoms with E-state index in [0.717, 1.165) is 34.2 Å². The largest absolute Gasteiger partial charge is 0.462 e. The number of aryl methyl sites for hydroxylation is 2. The highest BCUT2D eigenvalue weighted by Gasteiger charge is 2.12. The van der Waals surface area contributed by atoms with Crippen LogP contribution < -0.4 is 10.6 Å². The van der Waals surface area contributed by atoms with Crippen LogP contribution >= 0.6 is 11.3 Å². The molecule has 0 fully saturated rings. The molecule has 2 amide bonds. The van der Waals surface area contributed by atoms with E-state index in [1.54, 1.807) is 6.26 Å². The van der Waals surface area contributed by atoms with Gasteiger partial charge >= 0.3 is 6.03 Å². The van der Waals surface area contributed by atoms with Gasteiger partial charge in [-0.3, -0.25) is 0 Å². The van der Waals surface area contributed by atoms with E-state index < -0.39 is 0 Å². The van der Waals surface area contributed by atoms with Crippen molar-refractivity contribution >= 4 is 17.4 Å². The predicted molar refractivity (Wildman–Crippen MR) is 99.6 cm³/mol. The first-order valence-electron chi connectivity index (χ1n) is 8.28. The fourth-order valence-electron chi connectivity index (χ4n) is 2.46. The normalized spacial score (nSPS) is 10.6. The molecular formula is C19H21N3O2S. The average molecular weight is 355 g/mol. The fraction of sp³-hybridized carbons (Fsp3) is 0.263. The topological polar surface area (TPSA) is 67.2 Å². The molecule has 2 heterocycles. The zero-order valence-electron chi connectivity index (χ0n) is 14.1. The van der Waals surface area contributed by atoms with Gasteiger partial charge in [-0.1, -0.05) is 30.3 Å². The number of nitrogens with one attached hydrogen (secondary N) is 2. The monoisotopic (exact) mass is 355 g/mol. The summed E-state index contributed by atoms with van der Waals surface area (Å²) < 4.78 is 5.36. The highest BCUT2D eigenvalue weighted by atomic mass is 32.1. The minimum atomic E-state index is -0.152. The molecule has 25 heavy (non-hydrogen) atoms. The summed E-state index contributed by atoms with van der Waals surface area (Å²) >= 11 is 1.54. The molecule has 0 spiro atoms. The van der Waals surface area contributed by atoms with Crippen LogP contribution in [0.15, 0.2) is 53.1 Å². The van der Waals surface area contributed by atoms with Crippen LogP contribution in [0.25, 0.3) is 10.8 Å². The first-order chi connectivity index (χ1) is 12.2. The number of carbonyl (C=O) groups is 1. The van der Waals surface area contributed by atoms with E-state index in [-0.39, 0.29) is 6.03 Å². The summed E-state index contributed by atoms with van der Waals surface area (Å²) in [6, 6.07) is 13.8. The molecule has 0 aliphatic rings. The molecule has 2 N–H and O–H groups in total. The van der Waals surface area contributed by atoms with Crippen LogP contribution in [0.1, 0.15) is 22.6 Å². The molecule has 0 radical (unpaired) electrons. The van der Waals surface area contributed by atoms with E-state index in [1.807, 2.05) is 37.3 Å². The van der Waals surface area contributed by atoms with Gasteiger partial charge in [0.15, 0.2) is 10.8 Å². The number of nitrogens with zero attached hydrogens (tertiary/aromatic N) is 1. The summed E-state index contributed by atoms with van der Waals surface area (Å²) in [5.74, 6) is 0.754. The Bertz CT molecular complexity index is 797. The average Bonchev–Trinajstić information content (AvgIpc) is 3.27. The molecule has 2 aromatic heterocycles. The number of furan rings is 1. The number of rotatable bonds is 7. The van der Waals surface area contributed by atoms with Crippen molar-refractivity contribution in [2.24, 2.45) is 0 Å². The highest BCUT2D eigenvalue weighted by molar-refractivity contribution is 7.15. The lowest BCUT2D eigenvalue weighted by molar-refractivity contribution is 0.240. The molecule has 0 aliphatic heterocycles. The molecule has 3 aromatic rings. The van der Waals surface area contributed by atoms with E-state index >= 15 is 0 Å². The third-order valence-electron chi connectivity index (χ3n) is 3.80. The molecule has 5 nitrogen and oxygen atoms in total. The Morgan fingerprint density at radius 1 is 1.16 bits per heavy atom. The molecule has 0 unspecified atom stereocenters. The van der Waals surface area contributed by atoms with Crippen molar-refractivity contribution in [3.63, 3.8) is 0 Å². The van der Waals surface area contributed by atoms with Crippen LogP contribution in [0.5, 0.6) is 0 Å². The van der Waals surface area contributed by atoms with Gasteiger partial charge < -0.3 is 15.1 Å². The summed E-state index contributed by atoms with van der Waals surface area (Å²) in [6.07, 6.45) is 3.51. The van der Waals surface area contributed by atoms with Crippen LogP contribution in [0.3, 0.4) is 0 Å². The second kappa shape index (κ2) is 8.48. The van der Waals surface area contributed by atoms with Crippen LogP contribution in [0.2, 0.25) is 0 Å². The van der Waals surface area contributed by atoms with Crippen molar-refractivity contribution in [3.8, 4) is 10.8 Å². The Morgan fingerprint density at radius 2 is 2.00 bits per heavy atom. The standard InChI is InChI=1S/C19H21N3O2S/c1-14-17(25-18(22-14)16-10-6-12-24-16)13-21-19(23)20-11-5-9-15-7-3-2-4-8-15/h2-4,6-8,10,12H,5,9,11,13H2,1H3,(H2,20,21,23). The number of benzene rings is 1. The van der Waals surface area contributed by atoms with Gasteiger partial charge in [0.25, 0.3) is 0 Å². The number of aromatic nitrogens is 1. The minimum Gasteiger partial charge on any atom is -0.462 e. The van der Waals surface area contributed by atoms with E-state index in [4.69, 9.17) is 4.42 Å². The number of amides is 2. The summed E-state index contributed by atoms with van der Waals surface area (Å²) in [5.41, 5.74) is 2.20. The molecule has 0 bridgehead atoms. The summed E-state index contributed by atoms with van der Waals surface area (Å²) in [6.45, 7) is 3.06. The van der Waals surface area contributed by atoms with Crippen LogP contribution in [0, 0.1) is 6.92 Å². The van der Waals surface area contributed by atoms with Crippen molar-refractivity contribution in [1.29, 1.82) is 0 Å². The summed E-state index contributed by atoms with van der Waals surface area (Å²) in [4.78, 5) is 17.4. The zero-order valence-corrected chi connectivity index (χ0v) is 14.9. The fourth-order valence-corrected chi connectivity index (χ4v) is 3.43. The molecular weight excluding hydrogens is 334 g/mol. The molecule has 130 valence electrons. The van der Waals surface area contributed by atoms with Gasteiger partial charge in [0.1, 0.15) is 0 Å². The lowest BCUT2D eigenvalue weighted by atomic mass is 10.1. The second-order valence-electron chi connectivity index (χ2n) is 5.70. The third kappa shape index (κ3) is 4.93. The van der Waals surface area contributed by atoms with Gasteiger partial charge in [-0.25, -0.2) is 9.78 Å². The maximum atomic E-state index is 11.9. The molecule has 0 saturated heterocycles. The van der Waals surface area contributed by atoms with Crippen LogP contribution in [-0.2, 0) is 13.0 Å². The Labute approximate surface area is 151 Å². The highest BCUT2D eigenvalue weighted by Crippen LogP contribution is 2.27. The first kappa shape index (κ1) is 17.2. The first-order valence-corrected chi connectivity index (χ1v) is 9.10. The van der Waals surface area contributed by atoms with E-state index in [9.17, 15) is 4.79 Å². The maximum absolute atomic E-state index is 11.9. The van der Waals surface area contributed by atoms with Crippen molar-refractivity contribution < 1.29 is 9.21 Å². The number of hydrogen-bond acceptors (Lipinski definition) is 4. The van der Waals surface area contributed by atoms with Crippen molar-refractivity contribution in [1.82, 2.24) is 15.6 Å². The minimum absolute atomic E-state index is 0.152. The molecule has 0 atom stereocenters. The Balaban J connectivity index is 1.40. The SMILES string of the molecule is Cc1nc(-c2ccco2)sc1CNC(=O)NCCCc1ccccc1.